The van der Waals surface area contributed by atoms with Crippen LogP contribution in [0.3, 0.4) is 0 Å². The smallest absolute Gasteiger partial charge is 0.247 e. The van der Waals surface area contributed by atoms with E-state index in [9.17, 15) is 4.79 Å². The van der Waals surface area contributed by atoms with Crippen LogP contribution in [0.1, 0.15) is 35.9 Å². The maximum Gasteiger partial charge on any atom is 0.247 e. The lowest BCUT2D eigenvalue weighted by molar-refractivity contribution is -0.129. The van der Waals surface area contributed by atoms with Gasteiger partial charge in [0.1, 0.15) is 18.2 Å². The average molecular weight is 437 g/mol. The number of thiazole rings is 1. The Hall–Kier alpha value is -3.06. The number of likely N-dealkylation sites (tertiary alicyclic amines) is 1. The molecule has 1 atom stereocenters. The second-order valence-corrected chi connectivity index (χ2v) is 8.71. The molecule has 160 valence electrons. The van der Waals surface area contributed by atoms with Crippen molar-refractivity contribution < 1.29 is 19.0 Å². The molecule has 0 radical (unpaired) electrons. The van der Waals surface area contributed by atoms with Crippen LogP contribution < -0.4 is 14.2 Å². The molecule has 1 aromatic heterocycles. The molecule has 1 saturated heterocycles. The fourth-order valence-corrected chi connectivity index (χ4v) is 5.25. The number of nitrogens with zero attached hydrogens (tertiary/aromatic N) is 2. The Morgan fingerprint density at radius 3 is 2.97 bits per heavy atom. The standard InChI is InChI=1S/C24H24N2O4S/c1-28-19-14-16(15-20-23(19)30-13-12-29-20)9-10-22(27)26-11-5-4-7-18(26)24-25-17-6-2-3-8-21(17)31-24/h2-3,6,8-10,14-15,18H,4-5,7,11-13H2,1H3/b10-9+. The molecule has 2 aliphatic rings. The first kappa shape index (κ1) is 19.9. The van der Waals surface area contributed by atoms with Gasteiger partial charge in [-0.05, 0) is 55.2 Å². The van der Waals surface area contributed by atoms with Crippen molar-refractivity contribution in [1.82, 2.24) is 9.88 Å². The van der Waals surface area contributed by atoms with Crippen LogP contribution in [0.15, 0.2) is 42.5 Å². The Balaban J connectivity index is 1.39. The third-order valence-electron chi connectivity index (χ3n) is 5.65. The summed E-state index contributed by atoms with van der Waals surface area (Å²) >= 11 is 1.68. The van der Waals surface area contributed by atoms with Crippen molar-refractivity contribution >= 4 is 33.5 Å². The van der Waals surface area contributed by atoms with Crippen LogP contribution in [0.4, 0.5) is 0 Å². The molecule has 2 aliphatic heterocycles. The molecular formula is C24H24N2O4S. The minimum Gasteiger partial charge on any atom is -0.493 e. The van der Waals surface area contributed by atoms with Gasteiger partial charge in [0.25, 0.3) is 0 Å². The molecule has 1 unspecified atom stereocenters. The highest BCUT2D eigenvalue weighted by Gasteiger charge is 2.29. The molecule has 0 saturated carbocycles. The molecule has 6 nitrogen and oxygen atoms in total. The van der Waals surface area contributed by atoms with Crippen molar-refractivity contribution in [2.24, 2.45) is 0 Å². The summed E-state index contributed by atoms with van der Waals surface area (Å²) in [6.45, 7) is 1.74. The van der Waals surface area contributed by atoms with E-state index in [1.165, 1.54) is 0 Å². The minimum atomic E-state index is -0.00203. The number of amides is 1. The van der Waals surface area contributed by atoms with Crippen molar-refractivity contribution in [3.8, 4) is 17.2 Å². The van der Waals surface area contributed by atoms with Crippen LogP contribution in [-0.2, 0) is 4.79 Å². The Morgan fingerprint density at radius 1 is 1.23 bits per heavy atom. The summed E-state index contributed by atoms with van der Waals surface area (Å²) < 4.78 is 17.9. The predicted molar refractivity (Wildman–Crippen MR) is 121 cm³/mol. The quantitative estimate of drug-likeness (QED) is 0.548. The van der Waals surface area contributed by atoms with Gasteiger partial charge in [-0.25, -0.2) is 4.98 Å². The first-order chi connectivity index (χ1) is 15.2. The number of carbonyl (C=O) groups is 1. The topological polar surface area (TPSA) is 60.9 Å². The fraction of sp³-hybridized carbons (Fsp3) is 0.333. The summed E-state index contributed by atoms with van der Waals surface area (Å²) in [5.74, 6) is 1.86. The van der Waals surface area contributed by atoms with E-state index in [1.807, 2.05) is 41.3 Å². The van der Waals surface area contributed by atoms with E-state index in [-0.39, 0.29) is 11.9 Å². The molecule has 0 N–H and O–H groups in total. The molecule has 1 fully saturated rings. The van der Waals surface area contributed by atoms with Gasteiger partial charge in [0.15, 0.2) is 11.5 Å². The van der Waals surface area contributed by atoms with E-state index < -0.39 is 0 Å². The first-order valence-electron chi connectivity index (χ1n) is 10.5. The van der Waals surface area contributed by atoms with Crippen molar-refractivity contribution in [2.45, 2.75) is 25.3 Å². The number of benzene rings is 2. The van der Waals surface area contributed by atoms with Crippen molar-refractivity contribution in [1.29, 1.82) is 0 Å². The molecule has 7 heteroatoms. The van der Waals surface area contributed by atoms with E-state index in [0.717, 1.165) is 46.6 Å². The van der Waals surface area contributed by atoms with Gasteiger partial charge in [0.2, 0.25) is 11.7 Å². The van der Waals surface area contributed by atoms with Crippen molar-refractivity contribution in [3.63, 3.8) is 0 Å². The van der Waals surface area contributed by atoms with Gasteiger partial charge >= 0.3 is 0 Å². The normalized spacial score (nSPS) is 18.5. The van der Waals surface area contributed by atoms with E-state index in [0.29, 0.717) is 30.5 Å². The number of carbonyl (C=O) groups excluding carboxylic acids is 1. The van der Waals surface area contributed by atoms with E-state index in [1.54, 1.807) is 24.5 Å². The van der Waals surface area contributed by atoms with Gasteiger partial charge < -0.3 is 19.1 Å². The number of ether oxygens (including phenoxy) is 3. The summed E-state index contributed by atoms with van der Waals surface area (Å²) in [6, 6.07) is 11.9. The van der Waals surface area contributed by atoms with Crippen molar-refractivity contribution in [3.05, 3.63) is 53.0 Å². The lowest BCUT2D eigenvalue weighted by Gasteiger charge is -2.33. The fourth-order valence-electron chi connectivity index (χ4n) is 4.14. The van der Waals surface area contributed by atoms with Gasteiger partial charge in [0.05, 0.1) is 23.4 Å². The van der Waals surface area contributed by atoms with Gasteiger partial charge in [-0.2, -0.15) is 0 Å². The van der Waals surface area contributed by atoms with Crippen molar-refractivity contribution in [2.75, 3.05) is 26.9 Å². The Morgan fingerprint density at radius 2 is 2.10 bits per heavy atom. The third kappa shape index (κ3) is 3.97. The summed E-state index contributed by atoms with van der Waals surface area (Å²) in [7, 11) is 1.60. The maximum absolute atomic E-state index is 13.1. The number of piperidine rings is 1. The zero-order chi connectivity index (χ0) is 21.2. The molecule has 3 aromatic rings. The van der Waals surface area contributed by atoms with Crippen LogP contribution in [0.5, 0.6) is 17.2 Å². The molecule has 5 rings (SSSR count). The second-order valence-electron chi connectivity index (χ2n) is 7.64. The predicted octanol–water partition coefficient (Wildman–Crippen LogP) is 4.84. The summed E-state index contributed by atoms with van der Waals surface area (Å²) in [4.78, 5) is 19.9. The van der Waals surface area contributed by atoms with E-state index in [4.69, 9.17) is 19.2 Å². The number of methoxy groups -OCH3 is 1. The lowest BCUT2D eigenvalue weighted by Crippen LogP contribution is -2.37. The number of rotatable bonds is 4. The monoisotopic (exact) mass is 436 g/mol. The van der Waals surface area contributed by atoms with E-state index in [2.05, 4.69) is 6.07 Å². The zero-order valence-electron chi connectivity index (χ0n) is 17.4. The number of hydrogen-bond donors (Lipinski definition) is 0. The SMILES string of the molecule is COc1cc(/C=C/C(=O)N2CCCCC2c2nc3ccccc3s2)cc2c1OCCO2. The van der Waals surface area contributed by atoms with E-state index >= 15 is 0 Å². The summed E-state index contributed by atoms with van der Waals surface area (Å²) in [5.41, 5.74) is 1.84. The molecule has 0 bridgehead atoms. The Bertz CT molecular complexity index is 1090. The summed E-state index contributed by atoms with van der Waals surface area (Å²) in [5, 5.41) is 1.02. The van der Waals surface area contributed by atoms with Gasteiger partial charge in [-0.15, -0.1) is 11.3 Å². The highest BCUT2D eigenvalue weighted by atomic mass is 32.1. The third-order valence-corrected chi connectivity index (χ3v) is 6.79. The van der Waals surface area contributed by atoms with Gasteiger partial charge in [-0.1, -0.05) is 12.1 Å². The number of aromatic nitrogens is 1. The second kappa shape index (κ2) is 8.59. The molecule has 0 aliphatic carbocycles. The highest BCUT2D eigenvalue weighted by molar-refractivity contribution is 7.18. The Kier molecular flexibility index (Phi) is 5.51. The Labute approximate surface area is 185 Å². The van der Waals surface area contributed by atoms with Gasteiger partial charge in [0, 0.05) is 12.6 Å². The molecular weight excluding hydrogens is 412 g/mol. The molecule has 1 amide bonds. The molecule has 3 heterocycles. The van der Waals surface area contributed by atoms with Crippen LogP contribution in [0.25, 0.3) is 16.3 Å². The number of hydrogen-bond acceptors (Lipinski definition) is 6. The zero-order valence-corrected chi connectivity index (χ0v) is 18.2. The summed E-state index contributed by atoms with van der Waals surface area (Å²) in [6.07, 6.45) is 6.51. The maximum atomic E-state index is 13.1. The largest absolute Gasteiger partial charge is 0.493 e. The first-order valence-corrected chi connectivity index (χ1v) is 11.4. The minimum absolute atomic E-state index is 0.00203. The van der Waals surface area contributed by atoms with Crippen LogP contribution in [0.2, 0.25) is 0 Å². The molecule has 31 heavy (non-hydrogen) atoms. The molecule has 2 aromatic carbocycles. The van der Waals surface area contributed by atoms with Crippen LogP contribution in [0, 0.1) is 0 Å². The number of para-hydroxylation sites is 1. The highest BCUT2D eigenvalue weighted by Crippen LogP contribution is 2.41. The van der Waals surface area contributed by atoms with Crippen LogP contribution in [-0.4, -0.2) is 42.7 Å². The molecule has 0 spiro atoms. The van der Waals surface area contributed by atoms with Crippen LogP contribution >= 0.6 is 11.3 Å². The number of fused-ring (bicyclic) bond motifs is 2. The average Bonchev–Trinajstić information content (AvgIpc) is 3.26. The lowest BCUT2D eigenvalue weighted by atomic mass is 10.0. The van der Waals surface area contributed by atoms with Gasteiger partial charge in [-0.3, -0.25) is 4.79 Å².